The van der Waals surface area contributed by atoms with Gasteiger partial charge >= 0.3 is 0 Å². The third-order valence-electron chi connectivity index (χ3n) is 6.17. The fourth-order valence-electron chi connectivity index (χ4n) is 4.48. The predicted octanol–water partition coefficient (Wildman–Crippen LogP) is 5.44. The first-order chi connectivity index (χ1) is 16.1. The van der Waals surface area contributed by atoms with E-state index < -0.39 is 6.04 Å². The molecule has 1 aromatic heterocycles. The standard InChI is InChI=1S/C27H30N2O3S/c1-19-9-3-6-15-24(19)29(25(30)18-23-14-8-16-33-23)26(20-10-7-13-22(17-20)32-2)27(31)28-21-11-4-5-12-21/h3,6-10,13-17,21,26H,4-5,11-12,18H2,1-2H3,(H,28,31). The first kappa shape index (κ1) is 23.1. The summed E-state index contributed by atoms with van der Waals surface area (Å²) in [5, 5.41) is 5.19. The van der Waals surface area contributed by atoms with Crippen molar-refractivity contribution in [1.82, 2.24) is 5.32 Å². The van der Waals surface area contributed by atoms with Crippen LogP contribution in [0.15, 0.2) is 66.0 Å². The van der Waals surface area contributed by atoms with E-state index >= 15 is 0 Å². The minimum atomic E-state index is -0.797. The highest BCUT2D eigenvalue weighted by Gasteiger charge is 2.35. The van der Waals surface area contributed by atoms with Crippen molar-refractivity contribution in [2.45, 2.75) is 51.1 Å². The van der Waals surface area contributed by atoms with Crippen molar-refractivity contribution < 1.29 is 14.3 Å². The van der Waals surface area contributed by atoms with Crippen LogP contribution in [0, 0.1) is 6.92 Å². The van der Waals surface area contributed by atoms with Crippen LogP contribution in [0.1, 0.15) is 47.7 Å². The van der Waals surface area contributed by atoms with Gasteiger partial charge in [0, 0.05) is 16.6 Å². The normalized spacial score (nSPS) is 14.6. The number of hydrogen-bond acceptors (Lipinski definition) is 4. The number of nitrogens with zero attached hydrogens (tertiary/aromatic N) is 1. The second-order valence-electron chi connectivity index (χ2n) is 8.48. The number of ether oxygens (including phenoxy) is 1. The van der Waals surface area contributed by atoms with Gasteiger partial charge in [-0.3, -0.25) is 14.5 Å². The number of benzene rings is 2. The van der Waals surface area contributed by atoms with Crippen molar-refractivity contribution in [1.29, 1.82) is 0 Å². The van der Waals surface area contributed by atoms with Crippen LogP contribution in [-0.4, -0.2) is 25.0 Å². The average Bonchev–Trinajstić information content (AvgIpc) is 3.52. The fourth-order valence-corrected chi connectivity index (χ4v) is 5.17. The average molecular weight is 463 g/mol. The minimum absolute atomic E-state index is 0.110. The van der Waals surface area contributed by atoms with Gasteiger partial charge < -0.3 is 10.1 Å². The topological polar surface area (TPSA) is 58.6 Å². The van der Waals surface area contributed by atoms with E-state index in [1.807, 2.05) is 73.0 Å². The number of carbonyl (C=O) groups excluding carboxylic acids is 2. The molecule has 5 nitrogen and oxygen atoms in total. The number of methoxy groups -OCH3 is 1. The van der Waals surface area contributed by atoms with Gasteiger partial charge in [0.1, 0.15) is 11.8 Å². The highest BCUT2D eigenvalue weighted by atomic mass is 32.1. The number of carbonyl (C=O) groups is 2. The lowest BCUT2D eigenvalue weighted by molar-refractivity contribution is -0.127. The molecule has 0 spiro atoms. The molecule has 0 bridgehead atoms. The van der Waals surface area contributed by atoms with Crippen LogP contribution in [0.2, 0.25) is 0 Å². The van der Waals surface area contributed by atoms with E-state index in [9.17, 15) is 9.59 Å². The molecule has 0 radical (unpaired) electrons. The molecule has 2 aromatic carbocycles. The van der Waals surface area contributed by atoms with Crippen LogP contribution in [0.3, 0.4) is 0 Å². The van der Waals surface area contributed by atoms with Crippen LogP contribution in [0.25, 0.3) is 0 Å². The van der Waals surface area contributed by atoms with E-state index in [-0.39, 0.29) is 24.3 Å². The quantitative estimate of drug-likeness (QED) is 0.485. The minimum Gasteiger partial charge on any atom is -0.497 e. The Bertz CT molecular complexity index is 1090. The lowest BCUT2D eigenvalue weighted by Crippen LogP contribution is -2.47. The van der Waals surface area contributed by atoms with Gasteiger partial charge in [-0.15, -0.1) is 11.3 Å². The van der Waals surface area contributed by atoms with Gasteiger partial charge in [-0.2, -0.15) is 0 Å². The molecule has 1 saturated carbocycles. The molecule has 3 aromatic rings. The van der Waals surface area contributed by atoms with Crippen LogP contribution >= 0.6 is 11.3 Å². The molecule has 1 fully saturated rings. The second-order valence-corrected chi connectivity index (χ2v) is 9.51. The van der Waals surface area contributed by atoms with Gasteiger partial charge in [0.25, 0.3) is 0 Å². The highest BCUT2D eigenvalue weighted by Crippen LogP contribution is 2.33. The molecule has 1 atom stereocenters. The summed E-state index contributed by atoms with van der Waals surface area (Å²) in [6.45, 7) is 1.97. The summed E-state index contributed by atoms with van der Waals surface area (Å²) in [4.78, 5) is 30.2. The van der Waals surface area contributed by atoms with E-state index in [4.69, 9.17) is 4.74 Å². The predicted molar refractivity (Wildman–Crippen MR) is 133 cm³/mol. The molecule has 0 saturated heterocycles. The number of amides is 2. The molecule has 1 aliphatic carbocycles. The maximum absolute atomic E-state index is 13.8. The second kappa shape index (κ2) is 10.7. The summed E-state index contributed by atoms with van der Waals surface area (Å²) < 4.78 is 5.44. The van der Waals surface area contributed by atoms with Crippen LogP contribution in [0.4, 0.5) is 5.69 Å². The fraction of sp³-hybridized carbons (Fsp3) is 0.333. The molecule has 1 unspecified atom stereocenters. The maximum Gasteiger partial charge on any atom is 0.248 e. The summed E-state index contributed by atoms with van der Waals surface area (Å²) in [7, 11) is 1.60. The Kier molecular flexibility index (Phi) is 7.45. The summed E-state index contributed by atoms with van der Waals surface area (Å²) in [5.41, 5.74) is 2.42. The lowest BCUT2D eigenvalue weighted by atomic mass is 10.00. The summed E-state index contributed by atoms with van der Waals surface area (Å²) >= 11 is 1.55. The Morgan fingerprint density at radius 1 is 1.09 bits per heavy atom. The zero-order valence-corrected chi connectivity index (χ0v) is 19.9. The molecule has 172 valence electrons. The summed E-state index contributed by atoms with van der Waals surface area (Å²) in [5.74, 6) is 0.390. The van der Waals surface area contributed by atoms with Gasteiger partial charge in [0.05, 0.1) is 13.5 Å². The summed E-state index contributed by atoms with van der Waals surface area (Å²) in [6.07, 6.45) is 4.43. The number of para-hydroxylation sites is 1. The number of rotatable bonds is 8. The van der Waals surface area contributed by atoms with Gasteiger partial charge in [-0.25, -0.2) is 0 Å². The van der Waals surface area contributed by atoms with Crippen molar-refractivity contribution in [3.63, 3.8) is 0 Å². The van der Waals surface area contributed by atoms with Crippen LogP contribution in [0.5, 0.6) is 5.75 Å². The van der Waals surface area contributed by atoms with Crippen molar-refractivity contribution in [3.05, 3.63) is 82.0 Å². The van der Waals surface area contributed by atoms with Gasteiger partial charge in [-0.1, -0.05) is 49.2 Å². The van der Waals surface area contributed by atoms with E-state index in [0.717, 1.165) is 47.4 Å². The molecule has 1 heterocycles. The first-order valence-corrected chi connectivity index (χ1v) is 12.3. The Morgan fingerprint density at radius 3 is 2.58 bits per heavy atom. The molecule has 33 heavy (non-hydrogen) atoms. The molecule has 0 aliphatic heterocycles. The monoisotopic (exact) mass is 462 g/mol. The number of nitrogens with one attached hydrogen (secondary N) is 1. The molecule has 4 rings (SSSR count). The Hall–Kier alpha value is -3.12. The molecule has 1 aliphatic rings. The molecular weight excluding hydrogens is 432 g/mol. The molecule has 1 N–H and O–H groups in total. The maximum atomic E-state index is 13.8. The number of thiophene rings is 1. The van der Waals surface area contributed by atoms with E-state index in [1.54, 1.807) is 23.3 Å². The summed E-state index contributed by atoms with van der Waals surface area (Å²) in [6, 6.07) is 18.4. The van der Waals surface area contributed by atoms with E-state index in [0.29, 0.717) is 5.75 Å². The molecule has 6 heteroatoms. The highest BCUT2D eigenvalue weighted by molar-refractivity contribution is 7.10. The Balaban J connectivity index is 1.79. The number of anilines is 1. The van der Waals surface area contributed by atoms with Crippen LogP contribution in [-0.2, 0) is 16.0 Å². The number of aryl methyl sites for hydroxylation is 1. The smallest absolute Gasteiger partial charge is 0.248 e. The zero-order chi connectivity index (χ0) is 23.2. The van der Waals surface area contributed by atoms with Crippen LogP contribution < -0.4 is 15.0 Å². The first-order valence-electron chi connectivity index (χ1n) is 11.4. The molecular formula is C27H30N2O3S. The molecule has 2 amide bonds. The van der Waals surface area contributed by atoms with Gasteiger partial charge in [0.15, 0.2) is 0 Å². The van der Waals surface area contributed by atoms with Crippen molar-refractivity contribution in [2.75, 3.05) is 12.0 Å². The van der Waals surface area contributed by atoms with Crippen molar-refractivity contribution in [3.8, 4) is 5.75 Å². The van der Waals surface area contributed by atoms with Crippen molar-refractivity contribution >= 4 is 28.8 Å². The largest absolute Gasteiger partial charge is 0.497 e. The van der Waals surface area contributed by atoms with Crippen molar-refractivity contribution in [2.24, 2.45) is 0 Å². The van der Waals surface area contributed by atoms with Gasteiger partial charge in [-0.05, 0) is 60.5 Å². The SMILES string of the molecule is COc1cccc(C(C(=O)NC2CCCC2)N(C(=O)Cc2cccs2)c2ccccc2C)c1. The lowest BCUT2D eigenvalue weighted by Gasteiger charge is -2.33. The van der Waals surface area contributed by atoms with E-state index in [2.05, 4.69) is 5.32 Å². The van der Waals surface area contributed by atoms with E-state index in [1.165, 1.54) is 0 Å². The zero-order valence-electron chi connectivity index (χ0n) is 19.1. The van der Waals surface area contributed by atoms with Gasteiger partial charge in [0.2, 0.25) is 11.8 Å². The number of hydrogen-bond donors (Lipinski definition) is 1. The Morgan fingerprint density at radius 2 is 1.88 bits per heavy atom. The third-order valence-corrected chi connectivity index (χ3v) is 7.04. The third kappa shape index (κ3) is 5.45. The Labute approximate surface area is 199 Å².